The van der Waals surface area contributed by atoms with Crippen LogP contribution < -0.4 is 5.73 Å². The molecule has 1 saturated carbocycles. The van der Waals surface area contributed by atoms with Gasteiger partial charge in [0.25, 0.3) is 0 Å². The fourth-order valence-electron chi connectivity index (χ4n) is 3.81. The number of benzene rings is 1. The fourth-order valence-corrected chi connectivity index (χ4v) is 3.81. The highest BCUT2D eigenvalue weighted by Crippen LogP contribution is 2.38. The Labute approximate surface area is 127 Å². The molecule has 3 rings (SSSR count). The van der Waals surface area contributed by atoms with Gasteiger partial charge in [0.1, 0.15) is 0 Å². The Kier molecular flexibility index (Phi) is 4.11. The minimum Gasteiger partial charge on any atom is -0.324 e. The molecule has 3 nitrogen and oxygen atoms in total. The summed E-state index contributed by atoms with van der Waals surface area (Å²) in [4.78, 5) is 0. The predicted octanol–water partition coefficient (Wildman–Crippen LogP) is 3.94. The van der Waals surface area contributed by atoms with Gasteiger partial charge in [-0.05, 0) is 49.1 Å². The van der Waals surface area contributed by atoms with Crippen LogP contribution >= 0.6 is 0 Å². The summed E-state index contributed by atoms with van der Waals surface area (Å²) < 4.78 is 1.92. The molecular formula is C18H25N3. The fraction of sp³-hybridized carbons (Fsp3) is 0.500. The number of hydrogen-bond donors (Lipinski definition) is 1. The molecule has 0 amide bonds. The van der Waals surface area contributed by atoms with E-state index in [4.69, 9.17) is 5.73 Å². The summed E-state index contributed by atoms with van der Waals surface area (Å²) in [5.41, 5.74) is 8.77. The Morgan fingerprint density at radius 3 is 2.43 bits per heavy atom. The molecule has 1 heterocycles. The van der Waals surface area contributed by atoms with E-state index >= 15 is 0 Å². The SMILES string of the molecule is CC1CC(C)CC(C(N)c2cnn(-c3ccccc3)c2)C1. The number of nitrogens with two attached hydrogens (primary N) is 1. The van der Waals surface area contributed by atoms with Crippen molar-refractivity contribution in [2.75, 3.05) is 0 Å². The lowest BCUT2D eigenvalue weighted by Crippen LogP contribution is -2.29. The highest BCUT2D eigenvalue weighted by atomic mass is 15.3. The average Bonchev–Trinajstić information content (AvgIpc) is 2.96. The number of hydrogen-bond acceptors (Lipinski definition) is 2. The zero-order valence-electron chi connectivity index (χ0n) is 12.9. The molecule has 3 atom stereocenters. The Morgan fingerprint density at radius 2 is 1.76 bits per heavy atom. The van der Waals surface area contributed by atoms with Gasteiger partial charge in [0.15, 0.2) is 0 Å². The maximum absolute atomic E-state index is 6.53. The standard InChI is InChI=1S/C18H25N3/c1-13-8-14(2)10-15(9-13)18(19)16-11-20-21(12-16)17-6-4-3-5-7-17/h3-7,11-15,18H,8-10,19H2,1-2H3. The van der Waals surface area contributed by atoms with E-state index in [9.17, 15) is 0 Å². The van der Waals surface area contributed by atoms with Gasteiger partial charge < -0.3 is 5.73 Å². The van der Waals surface area contributed by atoms with Gasteiger partial charge in [0, 0.05) is 17.8 Å². The summed E-state index contributed by atoms with van der Waals surface area (Å²) in [5, 5.41) is 4.48. The quantitative estimate of drug-likeness (QED) is 0.927. The zero-order chi connectivity index (χ0) is 14.8. The Hall–Kier alpha value is -1.61. The second-order valence-electron chi connectivity index (χ2n) is 6.76. The molecule has 112 valence electrons. The molecule has 3 unspecified atom stereocenters. The highest BCUT2D eigenvalue weighted by Gasteiger charge is 2.29. The summed E-state index contributed by atoms with van der Waals surface area (Å²) in [6.07, 6.45) is 7.84. The first kappa shape index (κ1) is 14.3. The topological polar surface area (TPSA) is 43.8 Å². The first-order chi connectivity index (χ1) is 10.1. The van der Waals surface area contributed by atoms with Crippen LogP contribution in [0.1, 0.15) is 44.7 Å². The van der Waals surface area contributed by atoms with E-state index in [0.29, 0.717) is 5.92 Å². The summed E-state index contributed by atoms with van der Waals surface area (Å²) >= 11 is 0. The number of para-hydroxylation sites is 1. The molecule has 0 saturated heterocycles. The first-order valence-corrected chi connectivity index (χ1v) is 7.99. The van der Waals surface area contributed by atoms with E-state index < -0.39 is 0 Å². The van der Waals surface area contributed by atoms with Gasteiger partial charge in [-0.3, -0.25) is 0 Å². The molecule has 21 heavy (non-hydrogen) atoms. The maximum atomic E-state index is 6.53. The summed E-state index contributed by atoms with van der Waals surface area (Å²) in [6.45, 7) is 4.70. The molecule has 0 bridgehead atoms. The molecule has 1 fully saturated rings. The second-order valence-corrected chi connectivity index (χ2v) is 6.76. The van der Waals surface area contributed by atoms with Gasteiger partial charge in [-0.2, -0.15) is 5.10 Å². The molecule has 2 N–H and O–H groups in total. The van der Waals surface area contributed by atoms with Crippen LogP contribution in [0.2, 0.25) is 0 Å². The van der Waals surface area contributed by atoms with E-state index in [-0.39, 0.29) is 6.04 Å². The Morgan fingerprint density at radius 1 is 1.10 bits per heavy atom. The summed E-state index contributed by atoms with van der Waals surface area (Å²) in [5.74, 6) is 2.15. The molecule has 1 aliphatic rings. The second kappa shape index (κ2) is 6.02. The van der Waals surface area contributed by atoms with Crippen LogP contribution in [-0.2, 0) is 0 Å². The zero-order valence-corrected chi connectivity index (χ0v) is 12.9. The van der Waals surface area contributed by atoms with Gasteiger partial charge in [-0.15, -0.1) is 0 Å². The smallest absolute Gasteiger partial charge is 0.0645 e. The third-order valence-corrected chi connectivity index (χ3v) is 4.73. The van der Waals surface area contributed by atoms with Crippen molar-refractivity contribution in [2.24, 2.45) is 23.5 Å². The Balaban J connectivity index is 1.76. The minimum atomic E-state index is 0.104. The third kappa shape index (κ3) is 3.18. The molecule has 0 aliphatic heterocycles. The highest BCUT2D eigenvalue weighted by molar-refractivity contribution is 5.31. The number of nitrogens with zero attached hydrogens (tertiary/aromatic N) is 2. The number of rotatable bonds is 3. The van der Waals surface area contributed by atoms with Crippen LogP contribution in [0.4, 0.5) is 0 Å². The van der Waals surface area contributed by atoms with Gasteiger partial charge >= 0.3 is 0 Å². The van der Waals surface area contributed by atoms with E-state index in [0.717, 1.165) is 23.1 Å². The van der Waals surface area contributed by atoms with Crippen molar-refractivity contribution >= 4 is 0 Å². The maximum Gasteiger partial charge on any atom is 0.0645 e. The van der Waals surface area contributed by atoms with Crippen molar-refractivity contribution < 1.29 is 0 Å². The first-order valence-electron chi connectivity index (χ1n) is 7.99. The third-order valence-electron chi connectivity index (χ3n) is 4.73. The summed E-state index contributed by atoms with van der Waals surface area (Å²) in [7, 11) is 0. The Bertz CT molecular complexity index is 565. The van der Waals surface area contributed by atoms with E-state index in [1.807, 2.05) is 29.1 Å². The van der Waals surface area contributed by atoms with Crippen molar-refractivity contribution in [3.8, 4) is 5.69 Å². The average molecular weight is 283 g/mol. The van der Waals surface area contributed by atoms with E-state index in [1.54, 1.807) is 0 Å². The van der Waals surface area contributed by atoms with Crippen LogP contribution in [0.3, 0.4) is 0 Å². The normalized spacial score (nSPS) is 27.5. The molecule has 0 radical (unpaired) electrons. The van der Waals surface area contributed by atoms with E-state index in [1.165, 1.54) is 19.3 Å². The van der Waals surface area contributed by atoms with Gasteiger partial charge in [0.05, 0.1) is 11.9 Å². The van der Waals surface area contributed by atoms with Gasteiger partial charge in [-0.1, -0.05) is 32.0 Å². The molecule has 1 aliphatic carbocycles. The van der Waals surface area contributed by atoms with Gasteiger partial charge in [-0.25, -0.2) is 4.68 Å². The molecule has 1 aromatic carbocycles. The number of aromatic nitrogens is 2. The van der Waals surface area contributed by atoms with Crippen molar-refractivity contribution in [1.29, 1.82) is 0 Å². The molecule has 0 spiro atoms. The lowest BCUT2D eigenvalue weighted by Gasteiger charge is -2.34. The van der Waals surface area contributed by atoms with Crippen molar-refractivity contribution in [3.05, 3.63) is 48.3 Å². The molecular weight excluding hydrogens is 258 g/mol. The van der Waals surface area contributed by atoms with E-state index in [2.05, 4.69) is 37.3 Å². The van der Waals surface area contributed by atoms with Crippen LogP contribution in [0, 0.1) is 17.8 Å². The molecule has 3 heteroatoms. The van der Waals surface area contributed by atoms with Crippen LogP contribution in [0.25, 0.3) is 5.69 Å². The van der Waals surface area contributed by atoms with Crippen LogP contribution in [-0.4, -0.2) is 9.78 Å². The van der Waals surface area contributed by atoms with Crippen molar-refractivity contribution in [3.63, 3.8) is 0 Å². The van der Waals surface area contributed by atoms with Crippen LogP contribution in [0.15, 0.2) is 42.7 Å². The lowest BCUT2D eigenvalue weighted by atomic mass is 9.73. The molecule has 1 aromatic heterocycles. The molecule has 2 aromatic rings. The largest absolute Gasteiger partial charge is 0.324 e. The minimum absolute atomic E-state index is 0.104. The van der Waals surface area contributed by atoms with Crippen molar-refractivity contribution in [1.82, 2.24) is 9.78 Å². The predicted molar refractivity (Wildman–Crippen MR) is 86.2 cm³/mol. The van der Waals surface area contributed by atoms with Crippen molar-refractivity contribution in [2.45, 2.75) is 39.2 Å². The monoisotopic (exact) mass is 283 g/mol. The summed E-state index contributed by atoms with van der Waals surface area (Å²) in [6, 6.07) is 10.3. The lowest BCUT2D eigenvalue weighted by molar-refractivity contribution is 0.193. The van der Waals surface area contributed by atoms with Crippen LogP contribution in [0.5, 0.6) is 0 Å². The van der Waals surface area contributed by atoms with Gasteiger partial charge in [0.2, 0.25) is 0 Å².